The van der Waals surface area contributed by atoms with Crippen LogP contribution in [0.3, 0.4) is 0 Å². The summed E-state index contributed by atoms with van der Waals surface area (Å²) in [5.41, 5.74) is 2.13. The van der Waals surface area contributed by atoms with Crippen LogP contribution in [0.1, 0.15) is 23.4 Å². The van der Waals surface area contributed by atoms with Gasteiger partial charge in [-0.2, -0.15) is 0 Å². The van der Waals surface area contributed by atoms with Crippen LogP contribution in [-0.4, -0.2) is 22.8 Å². The first kappa shape index (κ1) is 13.9. The van der Waals surface area contributed by atoms with Gasteiger partial charge in [-0.05, 0) is 30.0 Å². The highest BCUT2D eigenvalue weighted by Gasteiger charge is 2.19. The van der Waals surface area contributed by atoms with Gasteiger partial charge in [0, 0.05) is 29.0 Å². The third-order valence-electron chi connectivity index (χ3n) is 3.95. The Morgan fingerprint density at radius 3 is 2.86 bits per heavy atom. The van der Waals surface area contributed by atoms with Gasteiger partial charge in [-0.3, -0.25) is 4.79 Å². The van der Waals surface area contributed by atoms with Gasteiger partial charge in [0.1, 0.15) is 0 Å². The maximum absolute atomic E-state index is 12.5. The van der Waals surface area contributed by atoms with E-state index in [2.05, 4.69) is 24.0 Å². The normalized spacial score (nSPS) is 12.5. The zero-order chi connectivity index (χ0) is 14.8. The molecule has 108 valence electrons. The van der Waals surface area contributed by atoms with Crippen molar-refractivity contribution in [2.75, 3.05) is 7.05 Å². The molecule has 3 nitrogen and oxygen atoms in total. The van der Waals surface area contributed by atoms with Crippen LogP contribution in [0.4, 0.5) is 0 Å². The van der Waals surface area contributed by atoms with Crippen molar-refractivity contribution in [3.63, 3.8) is 0 Å². The Morgan fingerprint density at radius 1 is 1.29 bits per heavy atom. The number of carbonyl (C=O) groups excluding carboxylic acids is 1. The molecule has 0 saturated carbocycles. The summed E-state index contributed by atoms with van der Waals surface area (Å²) in [6, 6.07) is 12.3. The Kier molecular flexibility index (Phi) is 3.80. The summed E-state index contributed by atoms with van der Waals surface area (Å²) in [4.78, 5) is 18.8. The fourth-order valence-electron chi connectivity index (χ4n) is 2.50. The van der Waals surface area contributed by atoms with E-state index in [9.17, 15) is 4.79 Å². The van der Waals surface area contributed by atoms with Crippen molar-refractivity contribution in [3.05, 3.63) is 58.4 Å². The van der Waals surface area contributed by atoms with Crippen LogP contribution < -0.4 is 0 Å². The number of nitrogens with one attached hydrogen (secondary N) is 1. The summed E-state index contributed by atoms with van der Waals surface area (Å²) < 4.78 is 0. The number of thiophene rings is 1. The van der Waals surface area contributed by atoms with Crippen LogP contribution in [0.2, 0.25) is 0 Å². The van der Waals surface area contributed by atoms with Crippen molar-refractivity contribution in [2.24, 2.45) is 0 Å². The molecule has 0 aliphatic rings. The number of aromatic nitrogens is 1. The van der Waals surface area contributed by atoms with Gasteiger partial charge in [-0.15, -0.1) is 11.3 Å². The number of amides is 1. The fourth-order valence-corrected chi connectivity index (χ4v) is 3.33. The Hall–Kier alpha value is -2.07. The molecular weight excluding hydrogens is 280 g/mol. The van der Waals surface area contributed by atoms with Crippen LogP contribution in [0.15, 0.2) is 48.0 Å². The van der Waals surface area contributed by atoms with Gasteiger partial charge < -0.3 is 9.88 Å². The van der Waals surface area contributed by atoms with Crippen molar-refractivity contribution in [1.82, 2.24) is 9.88 Å². The molecule has 2 heterocycles. The molecule has 0 aliphatic carbocycles. The number of aromatic amines is 1. The average molecular weight is 298 g/mol. The number of hydrogen-bond donors (Lipinski definition) is 1. The third kappa shape index (κ3) is 2.72. The molecule has 1 amide bonds. The van der Waals surface area contributed by atoms with Crippen LogP contribution in [0.5, 0.6) is 0 Å². The molecule has 0 aliphatic heterocycles. The van der Waals surface area contributed by atoms with E-state index in [0.29, 0.717) is 6.42 Å². The van der Waals surface area contributed by atoms with E-state index in [4.69, 9.17) is 0 Å². The van der Waals surface area contributed by atoms with Gasteiger partial charge in [-0.1, -0.05) is 24.3 Å². The van der Waals surface area contributed by atoms with Gasteiger partial charge in [-0.25, -0.2) is 0 Å². The molecule has 1 atom stereocenters. The second-order valence-electron chi connectivity index (χ2n) is 5.23. The number of rotatable bonds is 4. The molecule has 0 radical (unpaired) electrons. The maximum atomic E-state index is 12.5. The predicted octanol–water partition coefficient (Wildman–Crippen LogP) is 3.99. The Bertz CT molecular complexity index is 745. The largest absolute Gasteiger partial charge is 0.361 e. The number of para-hydroxylation sites is 1. The minimum absolute atomic E-state index is 0.114. The van der Waals surface area contributed by atoms with Gasteiger partial charge in [0.15, 0.2) is 0 Å². The topological polar surface area (TPSA) is 36.1 Å². The fraction of sp³-hybridized carbons (Fsp3) is 0.235. The second kappa shape index (κ2) is 5.74. The van der Waals surface area contributed by atoms with Crippen molar-refractivity contribution in [2.45, 2.75) is 19.4 Å². The number of H-pyrrole nitrogens is 1. The lowest BCUT2D eigenvalue weighted by atomic mass is 10.1. The number of carbonyl (C=O) groups is 1. The molecule has 0 bridgehead atoms. The van der Waals surface area contributed by atoms with Crippen molar-refractivity contribution in [3.8, 4) is 0 Å². The maximum Gasteiger partial charge on any atom is 0.227 e. The van der Waals surface area contributed by atoms with Crippen molar-refractivity contribution in [1.29, 1.82) is 0 Å². The van der Waals surface area contributed by atoms with Crippen LogP contribution >= 0.6 is 11.3 Å². The highest BCUT2D eigenvalue weighted by atomic mass is 32.1. The molecule has 3 rings (SSSR count). The Labute approximate surface area is 128 Å². The predicted molar refractivity (Wildman–Crippen MR) is 87.5 cm³/mol. The van der Waals surface area contributed by atoms with Gasteiger partial charge >= 0.3 is 0 Å². The lowest BCUT2D eigenvalue weighted by molar-refractivity contribution is -0.131. The molecule has 1 N–H and O–H groups in total. The summed E-state index contributed by atoms with van der Waals surface area (Å²) >= 11 is 1.69. The van der Waals surface area contributed by atoms with E-state index >= 15 is 0 Å². The molecule has 21 heavy (non-hydrogen) atoms. The molecule has 0 fully saturated rings. The smallest absolute Gasteiger partial charge is 0.227 e. The van der Waals surface area contributed by atoms with Gasteiger partial charge in [0.25, 0.3) is 0 Å². The summed E-state index contributed by atoms with van der Waals surface area (Å²) in [7, 11) is 1.88. The number of benzene rings is 1. The minimum Gasteiger partial charge on any atom is -0.361 e. The monoisotopic (exact) mass is 298 g/mol. The van der Waals surface area contributed by atoms with Crippen LogP contribution in [0, 0.1) is 0 Å². The lowest BCUT2D eigenvalue weighted by Gasteiger charge is -2.24. The summed E-state index contributed by atoms with van der Waals surface area (Å²) in [5.74, 6) is 0.139. The van der Waals surface area contributed by atoms with E-state index in [1.54, 1.807) is 11.3 Å². The first-order valence-corrected chi connectivity index (χ1v) is 7.89. The van der Waals surface area contributed by atoms with E-state index < -0.39 is 0 Å². The first-order valence-electron chi connectivity index (χ1n) is 7.01. The van der Waals surface area contributed by atoms with Gasteiger partial charge in [0.05, 0.1) is 12.5 Å². The van der Waals surface area contributed by atoms with Gasteiger partial charge in [0.2, 0.25) is 5.91 Å². The van der Waals surface area contributed by atoms with Crippen LogP contribution in [0.25, 0.3) is 10.9 Å². The summed E-state index contributed by atoms with van der Waals surface area (Å²) in [6.45, 7) is 2.07. The molecule has 0 spiro atoms. The molecule has 0 unspecified atom stereocenters. The molecule has 3 aromatic rings. The highest BCUT2D eigenvalue weighted by Crippen LogP contribution is 2.25. The summed E-state index contributed by atoms with van der Waals surface area (Å²) in [5, 5.41) is 3.17. The third-order valence-corrected chi connectivity index (χ3v) is 4.99. The number of likely N-dealkylation sites (N-methyl/N-ethyl adjacent to an activating group) is 1. The average Bonchev–Trinajstić information content (AvgIpc) is 3.16. The van der Waals surface area contributed by atoms with E-state index in [-0.39, 0.29) is 11.9 Å². The molecule has 0 saturated heterocycles. The molecular formula is C17H18N2OS. The Balaban J connectivity index is 1.77. The highest BCUT2D eigenvalue weighted by molar-refractivity contribution is 7.10. The Morgan fingerprint density at radius 2 is 2.10 bits per heavy atom. The molecule has 4 heteroatoms. The lowest BCUT2D eigenvalue weighted by Crippen LogP contribution is -2.30. The van der Waals surface area contributed by atoms with Crippen LogP contribution in [-0.2, 0) is 11.2 Å². The van der Waals surface area contributed by atoms with E-state index in [0.717, 1.165) is 16.5 Å². The summed E-state index contributed by atoms with van der Waals surface area (Å²) in [6.07, 6.45) is 2.36. The zero-order valence-electron chi connectivity index (χ0n) is 12.2. The SMILES string of the molecule is C[C@H](c1cccs1)N(C)C(=O)Cc1c[nH]c2ccccc12. The van der Waals surface area contributed by atoms with Crippen molar-refractivity contribution < 1.29 is 4.79 Å². The minimum atomic E-state index is 0.114. The second-order valence-corrected chi connectivity index (χ2v) is 6.21. The molecule has 2 aromatic heterocycles. The zero-order valence-corrected chi connectivity index (χ0v) is 13.0. The van der Waals surface area contributed by atoms with Crippen molar-refractivity contribution >= 4 is 28.1 Å². The quantitative estimate of drug-likeness (QED) is 0.776. The molecule has 1 aromatic carbocycles. The number of nitrogens with zero attached hydrogens (tertiary/aromatic N) is 1. The standard InChI is InChI=1S/C17H18N2OS/c1-12(16-8-5-9-21-16)19(2)17(20)10-13-11-18-15-7-4-3-6-14(13)15/h3-9,11-12,18H,10H2,1-2H3/t12-/m1/s1. The van der Waals surface area contributed by atoms with E-state index in [1.165, 1.54) is 4.88 Å². The first-order chi connectivity index (χ1) is 10.2. The van der Waals surface area contributed by atoms with E-state index in [1.807, 2.05) is 47.8 Å². The number of hydrogen-bond acceptors (Lipinski definition) is 2. The number of fused-ring (bicyclic) bond motifs is 1.